The van der Waals surface area contributed by atoms with E-state index in [1.807, 2.05) is 18.2 Å². The molecule has 0 amide bonds. The molecule has 5 nitrogen and oxygen atoms in total. The Bertz CT molecular complexity index is 954. The van der Waals surface area contributed by atoms with Gasteiger partial charge in [0.25, 0.3) is 0 Å². The van der Waals surface area contributed by atoms with E-state index in [0.29, 0.717) is 11.5 Å². The lowest BCUT2D eigenvalue weighted by molar-refractivity contribution is 0.281. The van der Waals surface area contributed by atoms with Crippen molar-refractivity contribution in [1.29, 1.82) is 0 Å². The molecular formula is C23H29NO4. The van der Waals surface area contributed by atoms with Crippen LogP contribution in [0.4, 0.5) is 0 Å². The van der Waals surface area contributed by atoms with Gasteiger partial charge >= 0.3 is 0 Å². The van der Waals surface area contributed by atoms with Gasteiger partial charge < -0.3 is 25.1 Å². The van der Waals surface area contributed by atoms with Gasteiger partial charge in [0, 0.05) is 12.6 Å². The monoisotopic (exact) mass is 383 g/mol. The highest BCUT2D eigenvalue weighted by Gasteiger charge is 2.15. The largest absolute Gasteiger partial charge is 0.497 e. The first-order valence-electron chi connectivity index (χ1n) is 9.63. The molecule has 0 spiro atoms. The normalized spacial score (nSPS) is 12.3. The van der Waals surface area contributed by atoms with Gasteiger partial charge in [0.05, 0.1) is 21.3 Å². The van der Waals surface area contributed by atoms with E-state index in [1.165, 1.54) is 5.56 Å². The molecule has 150 valence electrons. The summed E-state index contributed by atoms with van der Waals surface area (Å²) in [5.41, 5.74) is 7.58. The van der Waals surface area contributed by atoms with Crippen molar-refractivity contribution in [2.75, 3.05) is 27.9 Å². The zero-order valence-electron chi connectivity index (χ0n) is 16.8. The van der Waals surface area contributed by atoms with Crippen LogP contribution in [0.2, 0.25) is 0 Å². The maximum absolute atomic E-state index is 9.00. The molecule has 0 saturated carbocycles. The average Bonchev–Trinajstić information content (AvgIpc) is 2.72. The predicted molar refractivity (Wildman–Crippen MR) is 114 cm³/mol. The zero-order chi connectivity index (χ0) is 20.1. The third-order valence-corrected chi connectivity index (χ3v) is 5.22. The number of ether oxygens (including phenoxy) is 3. The lowest BCUT2D eigenvalue weighted by Gasteiger charge is -2.17. The molecule has 0 saturated heterocycles. The Balaban J connectivity index is 2.15. The minimum Gasteiger partial charge on any atom is -0.497 e. The molecule has 3 aromatic carbocycles. The maximum Gasteiger partial charge on any atom is 0.161 e. The van der Waals surface area contributed by atoms with Crippen molar-refractivity contribution < 1.29 is 19.3 Å². The minimum absolute atomic E-state index is 0.0403. The number of hydrogen-bond donors (Lipinski definition) is 2. The molecule has 3 aromatic rings. The molecule has 28 heavy (non-hydrogen) atoms. The molecule has 0 aliphatic carbocycles. The smallest absolute Gasteiger partial charge is 0.161 e. The summed E-state index contributed by atoms with van der Waals surface area (Å²) in [6.07, 6.45) is 3.36. The molecule has 0 unspecified atom stereocenters. The third kappa shape index (κ3) is 4.16. The molecule has 0 aromatic heterocycles. The molecule has 0 radical (unpaired) electrons. The standard InChI is InChI=1S/C23H29NO4/c1-26-18-8-7-15-10-16(11-17(24)6-4-5-9-25)20-13-22(27-2)23(28-3)14-21(20)19(15)12-18/h7-8,10,12-14,17,25H,4-6,9,11,24H2,1-3H3/t17-/m1/s1. The lowest BCUT2D eigenvalue weighted by atomic mass is 9.92. The summed E-state index contributed by atoms with van der Waals surface area (Å²) in [7, 11) is 4.97. The molecule has 0 aliphatic rings. The fourth-order valence-electron chi connectivity index (χ4n) is 3.73. The first kappa shape index (κ1) is 20.2. The van der Waals surface area contributed by atoms with Crippen molar-refractivity contribution in [2.24, 2.45) is 5.73 Å². The van der Waals surface area contributed by atoms with Gasteiger partial charge in [-0.15, -0.1) is 0 Å². The second-order valence-electron chi connectivity index (χ2n) is 7.06. The van der Waals surface area contributed by atoms with Gasteiger partial charge in [-0.1, -0.05) is 12.1 Å². The number of unbranched alkanes of at least 4 members (excludes halogenated alkanes) is 1. The Morgan fingerprint density at radius 3 is 2.21 bits per heavy atom. The van der Waals surface area contributed by atoms with Gasteiger partial charge in [-0.25, -0.2) is 0 Å². The summed E-state index contributed by atoms with van der Waals surface area (Å²) < 4.78 is 16.5. The van der Waals surface area contributed by atoms with E-state index in [1.54, 1.807) is 21.3 Å². The Morgan fingerprint density at radius 1 is 0.857 bits per heavy atom. The Labute approximate surface area is 166 Å². The second-order valence-corrected chi connectivity index (χ2v) is 7.06. The van der Waals surface area contributed by atoms with Gasteiger partial charge in [-0.3, -0.25) is 0 Å². The topological polar surface area (TPSA) is 73.9 Å². The lowest BCUT2D eigenvalue weighted by Crippen LogP contribution is -2.22. The van der Waals surface area contributed by atoms with Crippen molar-refractivity contribution in [3.05, 3.63) is 42.0 Å². The van der Waals surface area contributed by atoms with Crippen molar-refractivity contribution in [1.82, 2.24) is 0 Å². The highest BCUT2D eigenvalue weighted by molar-refractivity contribution is 6.10. The average molecular weight is 383 g/mol. The summed E-state index contributed by atoms with van der Waals surface area (Å²) >= 11 is 0. The number of benzene rings is 3. The van der Waals surface area contributed by atoms with E-state index in [2.05, 4.69) is 18.2 Å². The van der Waals surface area contributed by atoms with Crippen LogP contribution in [0.15, 0.2) is 36.4 Å². The van der Waals surface area contributed by atoms with Crippen molar-refractivity contribution in [3.8, 4) is 17.2 Å². The number of hydrogen-bond acceptors (Lipinski definition) is 5. The molecule has 3 N–H and O–H groups in total. The molecule has 5 heteroatoms. The summed E-state index contributed by atoms with van der Waals surface area (Å²) in [6, 6.07) is 12.4. The molecule has 1 atom stereocenters. The molecule has 0 aliphatic heterocycles. The third-order valence-electron chi connectivity index (χ3n) is 5.22. The number of aliphatic hydroxyl groups is 1. The van der Waals surface area contributed by atoms with Gasteiger partial charge in [0.1, 0.15) is 5.75 Å². The predicted octanol–water partition coefficient (Wildman–Crippen LogP) is 4.05. The van der Waals surface area contributed by atoms with Crippen LogP contribution in [-0.2, 0) is 6.42 Å². The van der Waals surface area contributed by atoms with Gasteiger partial charge in [0.15, 0.2) is 11.5 Å². The molecule has 0 bridgehead atoms. The van der Waals surface area contributed by atoms with Gasteiger partial charge in [0.2, 0.25) is 0 Å². The molecule has 0 heterocycles. The van der Waals surface area contributed by atoms with Crippen LogP contribution in [0.3, 0.4) is 0 Å². The van der Waals surface area contributed by atoms with Crippen LogP contribution in [0.25, 0.3) is 21.5 Å². The van der Waals surface area contributed by atoms with Gasteiger partial charge in [-0.05, 0) is 77.1 Å². The molecule has 3 rings (SSSR count). The summed E-state index contributed by atoms with van der Waals surface area (Å²) in [6.45, 7) is 0.213. The van der Waals surface area contributed by atoms with E-state index in [-0.39, 0.29) is 12.6 Å². The van der Waals surface area contributed by atoms with Crippen LogP contribution < -0.4 is 19.9 Å². The summed E-state index contributed by atoms with van der Waals surface area (Å²) in [5.74, 6) is 2.22. The van der Waals surface area contributed by atoms with Crippen LogP contribution in [0, 0.1) is 0 Å². The first-order chi connectivity index (χ1) is 13.6. The maximum atomic E-state index is 9.00. The summed E-state index contributed by atoms with van der Waals surface area (Å²) in [5, 5.41) is 13.4. The Hall–Kier alpha value is -2.50. The van der Waals surface area contributed by atoms with Crippen LogP contribution in [0.1, 0.15) is 24.8 Å². The minimum atomic E-state index is 0.0403. The first-order valence-corrected chi connectivity index (χ1v) is 9.63. The number of nitrogens with two attached hydrogens (primary N) is 1. The van der Waals surface area contributed by atoms with Crippen molar-refractivity contribution >= 4 is 21.5 Å². The number of aliphatic hydroxyl groups excluding tert-OH is 1. The fraction of sp³-hybridized carbons (Fsp3) is 0.391. The Morgan fingerprint density at radius 2 is 1.57 bits per heavy atom. The SMILES string of the molecule is COc1ccc2cc(C[C@H](N)CCCCO)c3cc(OC)c(OC)cc3c2c1. The summed E-state index contributed by atoms with van der Waals surface area (Å²) in [4.78, 5) is 0. The number of methoxy groups -OCH3 is 3. The molecular weight excluding hydrogens is 354 g/mol. The highest BCUT2D eigenvalue weighted by atomic mass is 16.5. The van der Waals surface area contributed by atoms with Crippen molar-refractivity contribution in [2.45, 2.75) is 31.7 Å². The number of fused-ring (bicyclic) bond motifs is 3. The van der Waals surface area contributed by atoms with Crippen molar-refractivity contribution in [3.63, 3.8) is 0 Å². The van der Waals surface area contributed by atoms with Gasteiger partial charge in [-0.2, -0.15) is 0 Å². The van der Waals surface area contributed by atoms with E-state index in [9.17, 15) is 0 Å². The fourth-order valence-corrected chi connectivity index (χ4v) is 3.73. The van der Waals surface area contributed by atoms with E-state index in [4.69, 9.17) is 25.1 Å². The van der Waals surface area contributed by atoms with E-state index < -0.39 is 0 Å². The number of rotatable bonds is 9. The highest BCUT2D eigenvalue weighted by Crippen LogP contribution is 2.39. The molecule has 0 fully saturated rings. The van der Waals surface area contributed by atoms with E-state index >= 15 is 0 Å². The zero-order valence-corrected chi connectivity index (χ0v) is 16.8. The quantitative estimate of drug-likeness (QED) is 0.431. The van der Waals surface area contributed by atoms with Crippen LogP contribution >= 0.6 is 0 Å². The van der Waals surface area contributed by atoms with Crippen LogP contribution in [0.5, 0.6) is 17.2 Å². The second kappa shape index (κ2) is 9.13. The Kier molecular flexibility index (Phi) is 6.60. The van der Waals surface area contributed by atoms with E-state index in [0.717, 1.165) is 53.0 Å². The van der Waals surface area contributed by atoms with Crippen LogP contribution in [-0.4, -0.2) is 39.1 Å².